The van der Waals surface area contributed by atoms with Crippen LogP contribution in [0, 0.1) is 18.3 Å². The maximum atomic E-state index is 14.0. The van der Waals surface area contributed by atoms with Crippen molar-refractivity contribution < 1.29 is 18.9 Å². The predicted molar refractivity (Wildman–Crippen MR) is 86.9 cm³/mol. The van der Waals surface area contributed by atoms with Gasteiger partial charge in [0.1, 0.15) is 5.69 Å². The van der Waals surface area contributed by atoms with E-state index in [-0.39, 0.29) is 23.3 Å². The van der Waals surface area contributed by atoms with Gasteiger partial charge in [-0.1, -0.05) is 5.92 Å². The first-order chi connectivity index (χ1) is 11.6. The monoisotopic (exact) mass is 323 g/mol. The van der Waals surface area contributed by atoms with Gasteiger partial charge in [-0.25, -0.2) is 9.59 Å². The smallest absolute Gasteiger partial charge is 0.306 e. The second-order valence-corrected chi connectivity index (χ2v) is 6.23. The highest BCUT2D eigenvalue weighted by Gasteiger charge is 2.45. The Morgan fingerprint density at radius 2 is 1.79 bits per heavy atom. The Balaban J connectivity index is 1.80. The van der Waals surface area contributed by atoms with E-state index in [4.69, 9.17) is 6.42 Å². The van der Waals surface area contributed by atoms with E-state index in [0.29, 0.717) is 40.6 Å². The fraction of sp³-hybridized carbons (Fsp3) is 0.263. The molecule has 120 valence electrons. The molecule has 4 nitrogen and oxygen atoms in total. The Morgan fingerprint density at radius 1 is 1.12 bits per heavy atom. The van der Waals surface area contributed by atoms with Crippen molar-refractivity contribution in [1.82, 2.24) is 4.57 Å². The number of quaternary nitrogens is 1. The van der Waals surface area contributed by atoms with Crippen LogP contribution < -0.4 is 4.90 Å². The molecule has 2 aromatic rings. The number of hydrogen-bond acceptors (Lipinski definition) is 2. The van der Waals surface area contributed by atoms with Crippen LogP contribution in [0.2, 0.25) is 0 Å². The SMILES string of the molecule is C#CCn1c(F)cc2ccc([NH+]3C(=O)C4=C(CCCC4)C3=O)cc21. The lowest BCUT2D eigenvalue weighted by Gasteiger charge is -2.09. The molecule has 1 aromatic heterocycles. The molecule has 0 saturated carbocycles. The van der Waals surface area contributed by atoms with Crippen LogP contribution in [0.4, 0.5) is 10.1 Å². The lowest BCUT2D eigenvalue weighted by atomic mass is 9.93. The molecule has 4 rings (SSSR count). The van der Waals surface area contributed by atoms with Gasteiger partial charge in [-0.05, 0) is 31.7 Å². The highest BCUT2D eigenvalue weighted by atomic mass is 19.1. The van der Waals surface area contributed by atoms with Crippen LogP contribution in [0.15, 0.2) is 35.4 Å². The number of nitrogens with zero attached hydrogens (tertiary/aromatic N) is 1. The maximum Gasteiger partial charge on any atom is 0.353 e. The highest BCUT2D eigenvalue weighted by Crippen LogP contribution is 2.28. The van der Waals surface area contributed by atoms with Gasteiger partial charge in [-0.15, -0.1) is 6.42 Å². The van der Waals surface area contributed by atoms with E-state index in [1.807, 2.05) is 0 Å². The summed E-state index contributed by atoms with van der Waals surface area (Å²) >= 11 is 0. The Kier molecular flexibility index (Phi) is 3.36. The first-order valence-electron chi connectivity index (χ1n) is 8.03. The minimum atomic E-state index is -0.424. The molecule has 1 aromatic carbocycles. The molecule has 2 heterocycles. The number of terminal acetylenes is 1. The summed E-state index contributed by atoms with van der Waals surface area (Å²) in [6, 6.07) is 6.54. The van der Waals surface area contributed by atoms with Crippen molar-refractivity contribution in [3.63, 3.8) is 0 Å². The molecule has 0 atom stereocenters. The minimum absolute atomic E-state index is 0.102. The molecule has 0 fully saturated rings. The number of halogens is 1. The van der Waals surface area contributed by atoms with Crippen LogP contribution in [0.25, 0.3) is 10.9 Å². The molecule has 1 aliphatic carbocycles. The van der Waals surface area contributed by atoms with E-state index in [1.54, 1.807) is 18.2 Å². The Hall–Kier alpha value is -2.71. The third-order valence-electron chi connectivity index (χ3n) is 4.86. The number of aromatic nitrogens is 1. The van der Waals surface area contributed by atoms with Gasteiger partial charge >= 0.3 is 11.8 Å². The van der Waals surface area contributed by atoms with Crippen LogP contribution in [-0.2, 0) is 16.1 Å². The molecule has 2 aliphatic rings. The normalized spacial score (nSPS) is 18.3. The zero-order chi connectivity index (χ0) is 16.8. The van der Waals surface area contributed by atoms with Gasteiger partial charge < -0.3 is 4.57 Å². The fourth-order valence-electron chi connectivity index (χ4n) is 3.70. The van der Waals surface area contributed by atoms with Crippen LogP contribution in [0.5, 0.6) is 0 Å². The van der Waals surface area contributed by atoms with Crippen molar-refractivity contribution in [3.05, 3.63) is 41.4 Å². The average Bonchev–Trinajstić information content (AvgIpc) is 3.03. The molecule has 0 bridgehead atoms. The number of benzene rings is 1. The molecule has 24 heavy (non-hydrogen) atoms. The summed E-state index contributed by atoms with van der Waals surface area (Å²) in [4.78, 5) is 25.6. The number of nitrogens with one attached hydrogen (secondary N) is 1. The first-order valence-corrected chi connectivity index (χ1v) is 8.03. The van der Waals surface area contributed by atoms with Crippen molar-refractivity contribution in [3.8, 4) is 12.3 Å². The number of hydrogen-bond donors (Lipinski definition) is 1. The zero-order valence-electron chi connectivity index (χ0n) is 13.1. The second kappa shape index (κ2) is 5.43. The summed E-state index contributed by atoms with van der Waals surface area (Å²) in [6.07, 6.45) is 8.54. The molecule has 1 aliphatic heterocycles. The topological polar surface area (TPSA) is 43.5 Å². The minimum Gasteiger partial charge on any atom is -0.306 e. The Morgan fingerprint density at radius 3 is 2.42 bits per heavy atom. The lowest BCUT2D eigenvalue weighted by Crippen LogP contribution is -3.11. The number of fused-ring (bicyclic) bond motifs is 1. The summed E-state index contributed by atoms with van der Waals surface area (Å²) in [5.74, 6) is 1.68. The maximum absolute atomic E-state index is 14.0. The van der Waals surface area contributed by atoms with E-state index in [2.05, 4.69) is 5.92 Å². The van der Waals surface area contributed by atoms with Crippen molar-refractivity contribution >= 4 is 28.4 Å². The van der Waals surface area contributed by atoms with Gasteiger partial charge in [-0.3, -0.25) is 0 Å². The number of amides is 2. The van der Waals surface area contributed by atoms with Gasteiger partial charge in [0.25, 0.3) is 0 Å². The van der Waals surface area contributed by atoms with E-state index in [1.165, 1.54) is 10.6 Å². The van der Waals surface area contributed by atoms with Crippen LogP contribution in [-0.4, -0.2) is 16.4 Å². The standard InChI is InChI=1S/C19H15FN2O2/c1-2-9-21-16-11-13(8-7-12(16)10-17(21)20)22-18(23)14-5-3-4-6-15(14)19(22)24/h1,7-8,10-11H,3-6,9H2/p+1. The van der Waals surface area contributed by atoms with Gasteiger partial charge in [0.05, 0.1) is 23.2 Å². The number of carbonyl (C=O) groups excluding carboxylic acids is 2. The van der Waals surface area contributed by atoms with E-state index in [0.717, 1.165) is 12.8 Å². The summed E-state index contributed by atoms with van der Waals surface area (Å²) in [6.45, 7) is 0.102. The fourth-order valence-corrected chi connectivity index (χ4v) is 3.70. The highest BCUT2D eigenvalue weighted by molar-refractivity contribution is 6.10. The summed E-state index contributed by atoms with van der Waals surface area (Å²) in [5.41, 5.74) is 2.49. The van der Waals surface area contributed by atoms with E-state index in [9.17, 15) is 14.0 Å². The average molecular weight is 323 g/mol. The van der Waals surface area contributed by atoms with Crippen molar-refractivity contribution in [2.45, 2.75) is 32.2 Å². The molecular weight excluding hydrogens is 307 g/mol. The molecule has 0 unspecified atom stereocenters. The van der Waals surface area contributed by atoms with Crippen LogP contribution in [0.3, 0.4) is 0 Å². The summed E-state index contributed by atoms with van der Waals surface area (Å²) in [7, 11) is 0. The van der Waals surface area contributed by atoms with E-state index >= 15 is 0 Å². The molecule has 0 spiro atoms. The molecule has 1 N–H and O–H groups in total. The summed E-state index contributed by atoms with van der Waals surface area (Å²) in [5, 5.41) is 0.697. The van der Waals surface area contributed by atoms with Gasteiger partial charge in [0.2, 0.25) is 0 Å². The number of carbonyl (C=O) groups is 2. The zero-order valence-corrected chi connectivity index (χ0v) is 13.1. The largest absolute Gasteiger partial charge is 0.353 e. The molecule has 5 heteroatoms. The van der Waals surface area contributed by atoms with Gasteiger partial charge in [-0.2, -0.15) is 9.29 Å². The van der Waals surface area contributed by atoms with Gasteiger partial charge in [0.15, 0.2) is 5.95 Å². The number of imide groups is 1. The van der Waals surface area contributed by atoms with Crippen molar-refractivity contribution in [1.29, 1.82) is 0 Å². The molecule has 0 radical (unpaired) electrons. The molecular formula is C19H16FN2O2+. The van der Waals surface area contributed by atoms with Gasteiger partial charge in [0, 0.05) is 23.6 Å². The van der Waals surface area contributed by atoms with Crippen molar-refractivity contribution in [2.75, 3.05) is 0 Å². The molecule has 2 amide bonds. The third kappa shape index (κ3) is 2.04. The quantitative estimate of drug-likeness (QED) is 0.677. The molecule has 0 saturated heterocycles. The lowest BCUT2D eigenvalue weighted by molar-refractivity contribution is -0.655. The van der Waals surface area contributed by atoms with Crippen molar-refractivity contribution in [2.24, 2.45) is 0 Å². The van der Waals surface area contributed by atoms with Crippen LogP contribution >= 0.6 is 0 Å². The Bertz CT molecular complexity index is 934. The second-order valence-electron chi connectivity index (χ2n) is 6.23. The predicted octanol–water partition coefficient (Wildman–Crippen LogP) is 1.87. The third-order valence-corrected chi connectivity index (χ3v) is 4.86. The summed E-state index contributed by atoms with van der Waals surface area (Å²) < 4.78 is 15.4. The Labute approximate surface area is 138 Å². The first kappa shape index (κ1) is 14.9. The van der Waals surface area contributed by atoms with E-state index < -0.39 is 5.95 Å². The van der Waals surface area contributed by atoms with Crippen LogP contribution in [0.1, 0.15) is 25.7 Å². The number of rotatable bonds is 2.